The second-order valence-corrected chi connectivity index (χ2v) is 7.91. The Morgan fingerprint density at radius 3 is 2.34 bits per heavy atom. The van der Waals surface area contributed by atoms with Crippen molar-refractivity contribution in [3.8, 4) is 11.5 Å². The lowest BCUT2D eigenvalue weighted by Crippen LogP contribution is -2.20. The summed E-state index contributed by atoms with van der Waals surface area (Å²) in [7, 11) is 0. The van der Waals surface area contributed by atoms with Crippen LogP contribution in [0.1, 0.15) is 23.6 Å². The predicted octanol–water partition coefficient (Wildman–Crippen LogP) is 5.40. The maximum Gasteiger partial charge on any atom is 0.262 e. The Labute approximate surface area is 194 Å². The molecule has 0 aliphatic carbocycles. The summed E-state index contributed by atoms with van der Waals surface area (Å²) in [6, 6.07) is 21.3. The number of rotatable bonds is 11. The van der Waals surface area contributed by atoms with E-state index in [4.69, 9.17) is 21.1 Å². The van der Waals surface area contributed by atoms with Crippen molar-refractivity contribution in [2.75, 3.05) is 25.1 Å². The van der Waals surface area contributed by atoms with Crippen molar-refractivity contribution in [1.82, 2.24) is 5.32 Å². The van der Waals surface area contributed by atoms with Gasteiger partial charge in [0.05, 0.1) is 6.61 Å². The lowest BCUT2D eigenvalue weighted by atomic mass is 10.1. The van der Waals surface area contributed by atoms with E-state index in [2.05, 4.69) is 10.6 Å². The number of hydrogen-bond acceptors (Lipinski definition) is 4. The minimum absolute atomic E-state index is 0.0906. The van der Waals surface area contributed by atoms with Crippen molar-refractivity contribution in [3.63, 3.8) is 0 Å². The van der Waals surface area contributed by atoms with Crippen LogP contribution in [-0.4, -0.2) is 25.7 Å². The Morgan fingerprint density at radius 1 is 0.906 bits per heavy atom. The highest BCUT2D eigenvalue weighted by molar-refractivity contribution is 6.30. The van der Waals surface area contributed by atoms with Gasteiger partial charge >= 0.3 is 0 Å². The third-order valence-corrected chi connectivity index (χ3v) is 5.09. The van der Waals surface area contributed by atoms with E-state index in [1.807, 2.05) is 80.6 Å². The van der Waals surface area contributed by atoms with Gasteiger partial charge in [-0.15, -0.1) is 0 Å². The highest BCUT2D eigenvalue weighted by Crippen LogP contribution is 2.28. The first kappa shape index (κ1) is 23.6. The average Bonchev–Trinajstić information content (AvgIpc) is 2.79. The van der Waals surface area contributed by atoms with Crippen LogP contribution in [0.5, 0.6) is 11.5 Å². The SMILES string of the molecule is CCOc1cc(CNCCc2ccc(Cl)cc2)ccc1OCC(=O)Nc1ccc(C)cc1. The minimum Gasteiger partial charge on any atom is -0.490 e. The molecule has 0 saturated heterocycles. The number of ether oxygens (including phenoxy) is 2. The second-order valence-electron chi connectivity index (χ2n) is 7.47. The first-order valence-corrected chi connectivity index (χ1v) is 11.1. The smallest absolute Gasteiger partial charge is 0.262 e. The van der Waals surface area contributed by atoms with E-state index in [0.717, 1.165) is 34.8 Å². The monoisotopic (exact) mass is 452 g/mol. The molecule has 2 N–H and O–H groups in total. The molecule has 1 amide bonds. The molecule has 0 bridgehead atoms. The zero-order chi connectivity index (χ0) is 22.8. The van der Waals surface area contributed by atoms with Crippen molar-refractivity contribution < 1.29 is 14.3 Å². The standard InChI is InChI=1S/C26H29ClN2O3/c1-3-31-25-16-21(17-28-15-14-20-6-9-22(27)10-7-20)8-13-24(25)32-18-26(30)29-23-11-4-19(2)5-12-23/h4-13,16,28H,3,14-15,17-18H2,1-2H3,(H,29,30). The number of carbonyl (C=O) groups is 1. The fourth-order valence-electron chi connectivity index (χ4n) is 3.14. The van der Waals surface area contributed by atoms with E-state index < -0.39 is 0 Å². The number of anilines is 1. The summed E-state index contributed by atoms with van der Waals surface area (Å²) in [5.74, 6) is 0.965. The molecule has 0 saturated carbocycles. The number of nitrogens with one attached hydrogen (secondary N) is 2. The summed E-state index contributed by atoms with van der Waals surface area (Å²) in [6.07, 6.45) is 0.923. The largest absolute Gasteiger partial charge is 0.490 e. The van der Waals surface area contributed by atoms with Crippen LogP contribution >= 0.6 is 11.6 Å². The van der Waals surface area contributed by atoms with Gasteiger partial charge in [-0.05, 0) is 74.3 Å². The van der Waals surface area contributed by atoms with Gasteiger partial charge in [-0.25, -0.2) is 0 Å². The fourth-order valence-corrected chi connectivity index (χ4v) is 3.27. The van der Waals surface area contributed by atoms with Crippen LogP contribution in [-0.2, 0) is 17.8 Å². The molecule has 168 valence electrons. The minimum atomic E-state index is -0.218. The van der Waals surface area contributed by atoms with Gasteiger partial charge in [-0.3, -0.25) is 4.79 Å². The molecule has 0 aromatic heterocycles. The van der Waals surface area contributed by atoms with E-state index in [1.54, 1.807) is 0 Å². The van der Waals surface area contributed by atoms with Gasteiger partial charge in [0.2, 0.25) is 0 Å². The average molecular weight is 453 g/mol. The van der Waals surface area contributed by atoms with Crippen LogP contribution in [0.25, 0.3) is 0 Å². The van der Waals surface area contributed by atoms with E-state index in [0.29, 0.717) is 24.7 Å². The first-order valence-electron chi connectivity index (χ1n) is 10.7. The predicted molar refractivity (Wildman–Crippen MR) is 130 cm³/mol. The van der Waals surface area contributed by atoms with Crippen molar-refractivity contribution in [3.05, 3.63) is 88.4 Å². The van der Waals surface area contributed by atoms with E-state index in [1.165, 1.54) is 5.56 Å². The summed E-state index contributed by atoms with van der Waals surface area (Å²) in [4.78, 5) is 12.2. The third-order valence-electron chi connectivity index (χ3n) is 4.83. The van der Waals surface area contributed by atoms with Crippen LogP contribution < -0.4 is 20.1 Å². The normalized spacial score (nSPS) is 10.6. The quantitative estimate of drug-likeness (QED) is 0.382. The number of hydrogen-bond donors (Lipinski definition) is 2. The molecular formula is C26H29ClN2O3. The lowest BCUT2D eigenvalue weighted by molar-refractivity contribution is -0.118. The molecule has 0 spiro atoms. The van der Waals surface area contributed by atoms with Crippen LogP contribution in [0.3, 0.4) is 0 Å². The molecule has 3 rings (SSSR count). The van der Waals surface area contributed by atoms with Crippen LogP contribution in [0.15, 0.2) is 66.7 Å². The third kappa shape index (κ3) is 7.59. The molecule has 0 heterocycles. The van der Waals surface area contributed by atoms with Crippen LogP contribution in [0.2, 0.25) is 5.02 Å². The molecular weight excluding hydrogens is 424 g/mol. The first-order chi connectivity index (χ1) is 15.5. The Hall–Kier alpha value is -3.02. The fraction of sp³-hybridized carbons (Fsp3) is 0.269. The number of benzene rings is 3. The van der Waals surface area contributed by atoms with Gasteiger partial charge in [0.25, 0.3) is 5.91 Å². The molecule has 3 aromatic rings. The zero-order valence-corrected chi connectivity index (χ0v) is 19.2. The van der Waals surface area contributed by atoms with Gasteiger partial charge in [-0.2, -0.15) is 0 Å². The molecule has 0 radical (unpaired) electrons. The highest BCUT2D eigenvalue weighted by atomic mass is 35.5. The Balaban J connectivity index is 1.50. The van der Waals surface area contributed by atoms with Gasteiger partial charge in [-0.1, -0.05) is 47.5 Å². The summed E-state index contributed by atoms with van der Waals surface area (Å²) < 4.78 is 11.5. The maximum absolute atomic E-state index is 12.2. The summed E-state index contributed by atoms with van der Waals surface area (Å²) in [6.45, 7) is 5.91. The van der Waals surface area contributed by atoms with Crippen LogP contribution in [0, 0.1) is 6.92 Å². The van der Waals surface area contributed by atoms with E-state index in [-0.39, 0.29) is 12.5 Å². The number of carbonyl (C=O) groups excluding carboxylic acids is 1. The molecule has 3 aromatic carbocycles. The second kappa shape index (κ2) is 12.1. The number of aryl methyl sites for hydroxylation is 1. The van der Waals surface area contributed by atoms with Crippen molar-refractivity contribution in [1.29, 1.82) is 0 Å². The molecule has 0 fully saturated rings. The van der Waals surface area contributed by atoms with E-state index in [9.17, 15) is 4.79 Å². The summed E-state index contributed by atoms with van der Waals surface area (Å²) in [5.41, 5.74) is 4.21. The lowest BCUT2D eigenvalue weighted by Gasteiger charge is -2.14. The van der Waals surface area contributed by atoms with Gasteiger partial charge in [0.15, 0.2) is 18.1 Å². The molecule has 0 atom stereocenters. The van der Waals surface area contributed by atoms with Crippen molar-refractivity contribution in [2.24, 2.45) is 0 Å². The maximum atomic E-state index is 12.2. The molecule has 32 heavy (non-hydrogen) atoms. The molecule has 6 heteroatoms. The Morgan fingerprint density at radius 2 is 1.62 bits per heavy atom. The highest BCUT2D eigenvalue weighted by Gasteiger charge is 2.10. The topological polar surface area (TPSA) is 59.6 Å². The van der Waals surface area contributed by atoms with Crippen molar-refractivity contribution >= 4 is 23.2 Å². The Kier molecular flexibility index (Phi) is 8.96. The van der Waals surface area contributed by atoms with Gasteiger partial charge < -0.3 is 20.1 Å². The van der Waals surface area contributed by atoms with Gasteiger partial charge in [0.1, 0.15) is 0 Å². The molecule has 5 nitrogen and oxygen atoms in total. The van der Waals surface area contributed by atoms with Crippen LogP contribution in [0.4, 0.5) is 5.69 Å². The van der Waals surface area contributed by atoms with Crippen molar-refractivity contribution in [2.45, 2.75) is 26.8 Å². The molecule has 0 aliphatic heterocycles. The molecule has 0 unspecified atom stereocenters. The zero-order valence-electron chi connectivity index (χ0n) is 18.5. The van der Waals surface area contributed by atoms with Gasteiger partial charge in [0, 0.05) is 17.3 Å². The Bertz CT molecular complexity index is 1000. The number of halogens is 1. The number of amides is 1. The summed E-state index contributed by atoms with van der Waals surface area (Å²) in [5, 5.41) is 7.02. The van der Waals surface area contributed by atoms with E-state index >= 15 is 0 Å². The molecule has 0 aliphatic rings. The summed E-state index contributed by atoms with van der Waals surface area (Å²) >= 11 is 5.93.